The van der Waals surface area contributed by atoms with Gasteiger partial charge in [0.25, 0.3) is 0 Å². The molecule has 0 fully saturated rings. The van der Waals surface area contributed by atoms with Gasteiger partial charge >= 0.3 is 5.82 Å². The van der Waals surface area contributed by atoms with Crippen molar-refractivity contribution in [3.63, 3.8) is 0 Å². The Morgan fingerprint density at radius 3 is 2.45 bits per heavy atom. The van der Waals surface area contributed by atoms with Gasteiger partial charge in [-0.1, -0.05) is 36.4 Å². The maximum absolute atomic E-state index is 5.03. The molecule has 3 aromatic rings. The van der Waals surface area contributed by atoms with E-state index >= 15 is 0 Å². The van der Waals surface area contributed by atoms with Crippen LogP contribution >= 0.6 is 0 Å². The lowest BCUT2D eigenvalue weighted by Crippen LogP contribution is -2.33. The molecule has 0 radical (unpaired) electrons. The van der Waals surface area contributed by atoms with Crippen LogP contribution in [0.3, 0.4) is 0 Å². The minimum atomic E-state index is 0.992. The van der Waals surface area contributed by atoms with Crippen molar-refractivity contribution in [2.45, 2.75) is 20.3 Å². The second-order valence-electron chi connectivity index (χ2n) is 6.14. The molecule has 0 N–H and O–H groups in total. The van der Waals surface area contributed by atoms with Crippen LogP contribution in [-0.4, -0.2) is 4.98 Å². The summed E-state index contributed by atoms with van der Waals surface area (Å²) in [5.74, 6) is 1.03. The predicted molar refractivity (Wildman–Crippen MR) is 88.6 cm³/mol. The van der Waals surface area contributed by atoms with Crippen molar-refractivity contribution >= 4 is 0 Å². The summed E-state index contributed by atoms with van der Waals surface area (Å²) in [6, 6.07) is 15.0. The molecule has 0 spiro atoms. The second kappa shape index (κ2) is 4.77. The molecule has 1 heterocycles. The molecule has 0 amide bonds. The fourth-order valence-electron chi connectivity index (χ4n) is 3.40. The number of nitrogens with zero attached hydrogens (tertiary/aromatic N) is 2. The van der Waals surface area contributed by atoms with Crippen LogP contribution in [-0.2, 0) is 13.5 Å². The van der Waals surface area contributed by atoms with Gasteiger partial charge in [0.05, 0.1) is 18.8 Å². The highest BCUT2D eigenvalue weighted by molar-refractivity contribution is 5.75. The molecule has 1 aromatic heterocycles. The Kier molecular flexibility index (Phi) is 2.86. The molecule has 108 valence electrons. The number of rotatable bonds is 1. The summed E-state index contributed by atoms with van der Waals surface area (Å²) in [5.41, 5.74) is 9.01. The Hall–Kier alpha value is -2.48. The highest BCUT2D eigenvalue weighted by Crippen LogP contribution is 2.37. The van der Waals surface area contributed by atoms with Gasteiger partial charge in [-0.15, -0.1) is 0 Å². The minimum Gasteiger partial charge on any atom is -0.233 e. The Morgan fingerprint density at radius 2 is 1.64 bits per heavy atom. The molecular formula is C20H19N2+. The van der Waals surface area contributed by atoms with Crippen LogP contribution in [0.25, 0.3) is 22.6 Å². The molecule has 4 rings (SSSR count). The molecule has 2 nitrogen and oxygen atoms in total. The smallest absolute Gasteiger partial charge is 0.233 e. The van der Waals surface area contributed by atoms with Crippen LogP contribution in [0.5, 0.6) is 0 Å². The lowest BCUT2D eigenvalue weighted by Gasteiger charge is -2.04. The van der Waals surface area contributed by atoms with Gasteiger partial charge in [0.1, 0.15) is 0 Å². The molecular weight excluding hydrogens is 268 g/mol. The van der Waals surface area contributed by atoms with E-state index in [0.717, 1.165) is 17.9 Å². The van der Waals surface area contributed by atoms with E-state index in [2.05, 4.69) is 74.1 Å². The van der Waals surface area contributed by atoms with Gasteiger partial charge in [-0.2, -0.15) is 0 Å². The first-order chi connectivity index (χ1) is 10.6. The maximum Gasteiger partial charge on any atom is 0.331 e. The number of benzene rings is 2. The SMILES string of the molecule is Cc1ccccc1-c1nc2c(c[n+]1C)Cc1c(C)cccc1-2. The van der Waals surface area contributed by atoms with Gasteiger partial charge in [-0.3, -0.25) is 0 Å². The lowest BCUT2D eigenvalue weighted by molar-refractivity contribution is -0.663. The van der Waals surface area contributed by atoms with Crippen molar-refractivity contribution in [3.05, 3.63) is 70.9 Å². The van der Waals surface area contributed by atoms with Crippen molar-refractivity contribution in [1.29, 1.82) is 0 Å². The highest BCUT2D eigenvalue weighted by Gasteiger charge is 2.29. The molecule has 2 heteroatoms. The number of aromatic nitrogens is 2. The zero-order valence-corrected chi connectivity index (χ0v) is 13.2. The summed E-state index contributed by atoms with van der Waals surface area (Å²) < 4.78 is 2.16. The number of hydrogen-bond acceptors (Lipinski definition) is 1. The van der Waals surface area contributed by atoms with E-state index in [1.165, 1.54) is 33.4 Å². The van der Waals surface area contributed by atoms with Gasteiger partial charge in [-0.25, -0.2) is 4.57 Å². The Bertz CT molecular complexity index is 894. The van der Waals surface area contributed by atoms with Crippen LogP contribution in [0.4, 0.5) is 0 Å². The van der Waals surface area contributed by atoms with Crippen molar-refractivity contribution in [1.82, 2.24) is 4.98 Å². The number of hydrogen-bond donors (Lipinski definition) is 0. The number of fused-ring (bicyclic) bond motifs is 3. The normalized spacial score (nSPS) is 12.1. The van der Waals surface area contributed by atoms with Crippen molar-refractivity contribution in [2.24, 2.45) is 7.05 Å². The molecule has 0 bridgehead atoms. The molecule has 1 aliphatic rings. The summed E-state index contributed by atoms with van der Waals surface area (Å²) in [6.45, 7) is 4.33. The zero-order chi connectivity index (χ0) is 15.3. The third-order valence-corrected chi connectivity index (χ3v) is 4.62. The number of aryl methyl sites for hydroxylation is 3. The van der Waals surface area contributed by atoms with E-state index in [1.54, 1.807) is 0 Å². The molecule has 0 saturated heterocycles. The van der Waals surface area contributed by atoms with E-state index in [4.69, 9.17) is 4.98 Å². The molecule has 0 saturated carbocycles. The van der Waals surface area contributed by atoms with Gasteiger partial charge < -0.3 is 0 Å². The molecule has 0 unspecified atom stereocenters. The molecule has 1 aliphatic carbocycles. The van der Waals surface area contributed by atoms with E-state index in [9.17, 15) is 0 Å². The fourth-order valence-corrected chi connectivity index (χ4v) is 3.40. The average molecular weight is 287 g/mol. The molecule has 0 aliphatic heterocycles. The van der Waals surface area contributed by atoms with Crippen molar-refractivity contribution in [3.8, 4) is 22.6 Å². The Labute approximate surface area is 131 Å². The Balaban J connectivity index is 1.96. The molecule has 2 aromatic carbocycles. The molecule has 0 atom stereocenters. The van der Waals surface area contributed by atoms with Crippen LogP contribution < -0.4 is 4.57 Å². The quantitative estimate of drug-likeness (QED) is 0.487. The van der Waals surface area contributed by atoms with Crippen molar-refractivity contribution in [2.75, 3.05) is 0 Å². The topological polar surface area (TPSA) is 16.8 Å². The van der Waals surface area contributed by atoms with E-state index in [0.29, 0.717) is 0 Å². The largest absolute Gasteiger partial charge is 0.331 e. The third kappa shape index (κ3) is 1.87. The second-order valence-corrected chi connectivity index (χ2v) is 6.14. The van der Waals surface area contributed by atoms with Gasteiger partial charge in [0.15, 0.2) is 5.69 Å². The Morgan fingerprint density at radius 1 is 0.909 bits per heavy atom. The maximum atomic E-state index is 5.03. The fraction of sp³-hybridized carbons (Fsp3) is 0.200. The standard InChI is InChI=1S/C20H19N2/c1-13-7-4-5-9-16(13)20-21-19-15(12-22(20)3)11-18-14(2)8-6-10-17(18)19/h4-10,12H,11H2,1-3H3/q+1. The zero-order valence-electron chi connectivity index (χ0n) is 13.2. The summed E-state index contributed by atoms with van der Waals surface area (Å²) in [4.78, 5) is 5.03. The van der Waals surface area contributed by atoms with Gasteiger partial charge in [0.2, 0.25) is 0 Å². The highest BCUT2D eigenvalue weighted by atomic mass is 15.0. The van der Waals surface area contributed by atoms with E-state index in [-0.39, 0.29) is 0 Å². The van der Waals surface area contributed by atoms with Crippen LogP contribution in [0.2, 0.25) is 0 Å². The monoisotopic (exact) mass is 287 g/mol. The van der Waals surface area contributed by atoms with Crippen LogP contribution in [0, 0.1) is 13.8 Å². The van der Waals surface area contributed by atoms with Crippen LogP contribution in [0.1, 0.15) is 22.3 Å². The summed E-state index contributed by atoms with van der Waals surface area (Å²) in [6.07, 6.45) is 3.23. The summed E-state index contributed by atoms with van der Waals surface area (Å²) in [7, 11) is 2.09. The van der Waals surface area contributed by atoms with Crippen molar-refractivity contribution < 1.29 is 4.57 Å². The van der Waals surface area contributed by atoms with E-state index < -0.39 is 0 Å². The first-order valence-electron chi connectivity index (χ1n) is 7.69. The van der Waals surface area contributed by atoms with Crippen LogP contribution in [0.15, 0.2) is 48.7 Å². The summed E-state index contributed by atoms with van der Waals surface area (Å²) >= 11 is 0. The lowest BCUT2D eigenvalue weighted by atomic mass is 10.0. The first-order valence-corrected chi connectivity index (χ1v) is 7.69. The molecule has 22 heavy (non-hydrogen) atoms. The van der Waals surface area contributed by atoms with Gasteiger partial charge in [0, 0.05) is 17.5 Å². The van der Waals surface area contributed by atoms with E-state index in [1.807, 2.05) is 0 Å². The minimum absolute atomic E-state index is 0.992. The summed E-state index contributed by atoms with van der Waals surface area (Å²) in [5, 5.41) is 0. The predicted octanol–water partition coefficient (Wildman–Crippen LogP) is 3.76. The van der Waals surface area contributed by atoms with Gasteiger partial charge in [-0.05, 0) is 41.6 Å². The third-order valence-electron chi connectivity index (χ3n) is 4.62. The average Bonchev–Trinajstić information content (AvgIpc) is 2.86. The first kappa shape index (κ1) is 13.2.